The van der Waals surface area contributed by atoms with Gasteiger partial charge in [-0.05, 0) is 30.5 Å². The van der Waals surface area contributed by atoms with E-state index >= 15 is 0 Å². The molecule has 0 bridgehead atoms. The highest BCUT2D eigenvalue weighted by atomic mass is 16.5. The molecule has 0 heterocycles. The van der Waals surface area contributed by atoms with Crippen molar-refractivity contribution in [3.05, 3.63) is 30.4 Å². The number of hydrogen-bond acceptors (Lipinski definition) is 4. The molecule has 110 valence electrons. The molecule has 1 aromatic rings. The first-order valence-corrected chi connectivity index (χ1v) is 6.19. The van der Waals surface area contributed by atoms with Crippen molar-refractivity contribution >= 4 is 5.97 Å². The van der Waals surface area contributed by atoms with Crippen LogP contribution in [0.15, 0.2) is 24.8 Å². The Morgan fingerprint density at radius 1 is 1.25 bits per heavy atom. The summed E-state index contributed by atoms with van der Waals surface area (Å²) in [7, 11) is 4.58. The van der Waals surface area contributed by atoms with Crippen LogP contribution < -0.4 is 14.2 Å². The molecule has 0 aliphatic carbocycles. The molecule has 0 amide bonds. The molecule has 0 aliphatic rings. The van der Waals surface area contributed by atoms with Crippen LogP contribution >= 0.6 is 0 Å². The molecule has 1 aromatic carbocycles. The Bertz CT molecular complexity index is 456. The zero-order chi connectivity index (χ0) is 15.1. The molecular formula is C15H20O5. The Hall–Kier alpha value is -2.17. The van der Waals surface area contributed by atoms with Crippen molar-refractivity contribution in [2.24, 2.45) is 5.92 Å². The van der Waals surface area contributed by atoms with Crippen LogP contribution in [0.2, 0.25) is 0 Å². The second kappa shape index (κ2) is 7.43. The summed E-state index contributed by atoms with van der Waals surface area (Å²) in [6.45, 7) is 3.59. The highest BCUT2D eigenvalue weighted by Crippen LogP contribution is 2.38. The second-order valence-electron chi connectivity index (χ2n) is 4.30. The van der Waals surface area contributed by atoms with Gasteiger partial charge in [0.15, 0.2) is 11.5 Å². The van der Waals surface area contributed by atoms with Crippen LogP contribution in [0.3, 0.4) is 0 Å². The molecule has 0 unspecified atom stereocenters. The minimum atomic E-state index is -0.848. The van der Waals surface area contributed by atoms with Crippen molar-refractivity contribution in [1.82, 2.24) is 0 Å². The topological polar surface area (TPSA) is 65.0 Å². The maximum Gasteiger partial charge on any atom is 0.307 e. The van der Waals surface area contributed by atoms with Crippen molar-refractivity contribution in [2.45, 2.75) is 12.8 Å². The summed E-state index contributed by atoms with van der Waals surface area (Å²) in [4.78, 5) is 11.2. The van der Waals surface area contributed by atoms with E-state index < -0.39 is 11.9 Å². The first-order chi connectivity index (χ1) is 9.57. The summed E-state index contributed by atoms with van der Waals surface area (Å²) >= 11 is 0. The average Bonchev–Trinajstić information content (AvgIpc) is 2.45. The molecule has 0 aliphatic heterocycles. The third-order valence-corrected chi connectivity index (χ3v) is 3.01. The van der Waals surface area contributed by atoms with E-state index in [1.165, 1.54) is 21.3 Å². The van der Waals surface area contributed by atoms with Gasteiger partial charge in [0.1, 0.15) is 0 Å². The summed E-state index contributed by atoms with van der Waals surface area (Å²) in [6, 6.07) is 3.53. The van der Waals surface area contributed by atoms with Crippen molar-refractivity contribution in [2.75, 3.05) is 21.3 Å². The lowest BCUT2D eigenvalue weighted by atomic mass is 9.96. The Balaban J connectivity index is 3.12. The first kappa shape index (κ1) is 15.9. The van der Waals surface area contributed by atoms with Gasteiger partial charge >= 0.3 is 5.97 Å². The van der Waals surface area contributed by atoms with Gasteiger partial charge in [0, 0.05) is 0 Å². The maximum absolute atomic E-state index is 11.2. The average molecular weight is 280 g/mol. The van der Waals surface area contributed by atoms with E-state index in [1.54, 1.807) is 18.2 Å². The summed E-state index contributed by atoms with van der Waals surface area (Å²) in [5, 5.41) is 9.18. The van der Waals surface area contributed by atoms with Crippen LogP contribution in [-0.4, -0.2) is 32.4 Å². The summed E-state index contributed by atoms with van der Waals surface area (Å²) in [5.41, 5.74) is 0.814. The molecule has 1 N–H and O–H groups in total. The number of allylic oxidation sites excluding steroid dienone is 1. The Kier molecular flexibility index (Phi) is 5.90. The molecule has 0 spiro atoms. The van der Waals surface area contributed by atoms with Gasteiger partial charge in [0.25, 0.3) is 0 Å². The number of hydrogen-bond donors (Lipinski definition) is 1. The normalized spacial score (nSPS) is 11.6. The van der Waals surface area contributed by atoms with Crippen molar-refractivity contribution < 1.29 is 24.1 Å². The van der Waals surface area contributed by atoms with Crippen molar-refractivity contribution in [3.63, 3.8) is 0 Å². The Labute approximate surface area is 118 Å². The maximum atomic E-state index is 11.2. The van der Waals surface area contributed by atoms with Gasteiger partial charge in [-0.25, -0.2) is 0 Å². The van der Waals surface area contributed by atoms with Gasteiger partial charge in [-0.3, -0.25) is 4.79 Å². The minimum Gasteiger partial charge on any atom is -0.493 e. The van der Waals surface area contributed by atoms with E-state index in [0.717, 1.165) is 5.56 Å². The van der Waals surface area contributed by atoms with Crippen LogP contribution in [-0.2, 0) is 11.2 Å². The van der Waals surface area contributed by atoms with E-state index in [4.69, 9.17) is 14.2 Å². The number of ether oxygens (including phenoxy) is 3. The zero-order valence-electron chi connectivity index (χ0n) is 12.0. The monoisotopic (exact) mass is 280 g/mol. The van der Waals surface area contributed by atoms with Gasteiger partial charge in [-0.15, -0.1) is 6.58 Å². The van der Waals surface area contributed by atoms with E-state index in [9.17, 15) is 9.90 Å². The summed E-state index contributed by atoms with van der Waals surface area (Å²) < 4.78 is 15.7. The third kappa shape index (κ3) is 3.66. The standard InChI is InChI=1S/C15H20O5/c1-5-6-11(15(16)17)7-10-8-12(18-2)14(20-4)13(9-10)19-3/h5,8-9,11H,1,6-7H2,2-4H3,(H,16,17)/t11-/m1/s1. The number of carboxylic acids is 1. The number of benzene rings is 1. The molecular weight excluding hydrogens is 260 g/mol. The molecule has 0 aromatic heterocycles. The van der Waals surface area contributed by atoms with Crippen molar-refractivity contribution in [1.29, 1.82) is 0 Å². The smallest absolute Gasteiger partial charge is 0.307 e. The van der Waals surface area contributed by atoms with Gasteiger partial charge < -0.3 is 19.3 Å². The quantitative estimate of drug-likeness (QED) is 0.741. The van der Waals surface area contributed by atoms with Crippen LogP contribution in [0.1, 0.15) is 12.0 Å². The van der Waals surface area contributed by atoms with E-state index in [1.807, 2.05) is 0 Å². The summed E-state index contributed by atoms with van der Waals surface area (Å²) in [5.74, 6) is 0.164. The zero-order valence-corrected chi connectivity index (χ0v) is 12.0. The second-order valence-corrected chi connectivity index (χ2v) is 4.30. The minimum absolute atomic E-state index is 0.373. The molecule has 5 nitrogen and oxygen atoms in total. The number of carbonyl (C=O) groups is 1. The lowest BCUT2D eigenvalue weighted by Gasteiger charge is -2.16. The van der Waals surface area contributed by atoms with Gasteiger partial charge in [0.05, 0.1) is 27.2 Å². The lowest BCUT2D eigenvalue weighted by Crippen LogP contribution is -2.15. The van der Waals surface area contributed by atoms with Gasteiger partial charge in [0.2, 0.25) is 5.75 Å². The fourth-order valence-electron chi connectivity index (χ4n) is 2.01. The summed E-state index contributed by atoms with van der Waals surface area (Å²) in [6.07, 6.45) is 2.39. The highest BCUT2D eigenvalue weighted by Gasteiger charge is 2.19. The van der Waals surface area contributed by atoms with Crippen LogP contribution in [0.25, 0.3) is 0 Å². The molecule has 1 atom stereocenters. The molecule has 5 heteroatoms. The number of rotatable bonds is 8. The lowest BCUT2D eigenvalue weighted by molar-refractivity contribution is -0.141. The predicted molar refractivity (Wildman–Crippen MR) is 75.7 cm³/mol. The molecule has 0 radical (unpaired) electrons. The Morgan fingerprint density at radius 3 is 2.15 bits per heavy atom. The molecule has 0 saturated heterocycles. The molecule has 0 fully saturated rings. The Morgan fingerprint density at radius 2 is 1.80 bits per heavy atom. The van der Waals surface area contributed by atoms with Crippen LogP contribution in [0, 0.1) is 5.92 Å². The highest BCUT2D eigenvalue weighted by molar-refractivity contribution is 5.70. The number of aliphatic carboxylic acids is 1. The van der Waals surface area contributed by atoms with Gasteiger partial charge in [-0.1, -0.05) is 6.08 Å². The fourth-order valence-corrected chi connectivity index (χ4v) is 2.01. The molecule has 0 saturated carbocycles. The fraction of sp³-hybridized carbons (Fsp3) is 0.400. The van der Waals surface area contributed by atoms with Crippen LogP contribution in [0.4, 0.5) is 0 Å². The third-order valence-electron chi connectivity index (χ3n) is 3.01. The van der Waals surface area contributed by atoms with E-state index in [2.05, 4.69) is 6.58 Å². The van der Waals surface area contributed by atoms with E-state index in [-0.39, 0.29) is 0 Å². The van der Waals surface area contributed by atoms with E-state index in [0.29, 0.717) is 30.1 Å². The first-order valence-electron chi connectivity index (χ1n) is 6.19. The van der Waals surface area contributed by atoms with Gasteiger partial charge in [-0.2, -0.15) is 0 Å². The van der Waals surface area contributed by atoms with Crippen molar-refractivity contribution in [3.8, 4) is 17.2 Å². The number of methoxy groups -OCH3 is 3. The largest absolute Gasteiger partial charge is 0.493 e. The predicted octanol–water partition coefficient (Wildman–Crippen LogP) is 2.53. The number of carboxylic acid groups (broad SMARTS) is 1. The molecule has 20 heavy (non-hydrogen) atoms. The van der Waals surface area contributed by atoms with Crippen LogP contribution in [0.5, 0.6) is 17.2 Å². The molecule has 1 rings (SSSR count). The SMILES string of the molecule is C=CC[C@H](Cc1cc(OC)c(OC)c(OC)c1)C(=O)O.